The number of benzene rings is 2. The number of ether oxygens (including phenoxy) is 3. The molecule has 2 atom stereocenters. The van der Waals surface area contributed by atoms with Crippen molar-refractivity contribution in [3.8, 4) is 11.5 Å². The first-order valence-corrected chi connectivity index (χ1v) is 11.3. The summed E-state index contributed by atoms with van der Waals surface area (Å²) in [6.07, 6.45) is 0. The lowest BCUT2D eigenvalue weighted by Gasteiger charge is -2.26. The summed E-state index contributed by atoms with van der Waals surface area (Å²) in [4.78, 5) is 25.8. The molecule has 8 heteroatoms. The van der Waals surface area contributed by atoms with Gasteiger partial charge in [-0.1, -0.05) is 24.3 Å². The van der Waals surface area contributed by atoms with Crippen LogP contribution in [-0.4, -0.2) is 37.1 Å². The highest BCUT2D eigenvalue weighted by Gasteiger charge is 2.36. The second-order valence-electron chi connectivity index (χ2n) is 8.20. The van der Waals surface area contributed by atoms with E-state index in [0.29, 0.717) is 5.75 Å². The van der Waals surface area contributed by atoms with Crippen molar-refractivity contribution in [2.75, 3.05) is 14.2 Å². The van der Waals surface area contributed by atoms with Gasteiger partial charge in [0.25, 0.3) is 0 Å². The molecule has 1 amide bonds. The Morgan fingerprint density at radius 1 is 0.938 bits per heavy atom. The van der Waals surface area contributed by atoms with Crippen molar-refractivity contribution in [1.29, 1.82) is 0 Å². The van der Waals surface area contributed by atoms with Crippen molar-refractivity contribution in [3.05, 3.63) is 59.7 Å². The molecule has 2 aromatic rings. The van der Waals surface area contributed by atoms with Crippen molar-refractivity contribution >= 4 is 23.6 Å². The van der Waals surface area contributed by atoms with E-state index in [2.05, 4.69) is 5.32 Å². The second kappa shape index (κ2) is 11.8. The van der Waals surface area contributed by atoms with Gasteiger partial charge >= 0.3 is 5.97 Å². The zero-order valence-electron chi connectivity index (χ0n) is 19.2. The third-order valence-corrected chi connectivity index (χ3v) is 5.66. The first-order chi connectivity index (χ1) is 15.1. The summed E-state index contributed by atoms with van der Waals surface area (Å²) >= 11 is 1.32. The van der Waals surface area contributed by atoms with E-state index >= 15 is 0 Å². The number of nitrogens with two attached hydrogens (primary N) is 1. The average Bonchev–Trinajstić information content (AvgIpc) is 2.75. The highest BCUT2D eigenvalue weighted by atomic mass is 32.2. The van der Waals surface area contributed by atoms with Crippen LogP contribution >= 0.6 is 11.8 Å². The molecule has 1 unspecified atom stereocenters. The summed E-state index contributed by atoms with van der Waals surface area (Å²) < 4.78 is 15.8. The van der Waals surface area contributed by atoms with E-state index in [9.17, 15) is 9.59 Å². The predicted octanol–water partition coefficient (Wildman–Crippen LogP) is 3.50. The van der Waals surface area contributed by atoms with E-state index in [1.54, 1.807) is 35.0 Å². The first-order valence-electron chi connectivity index (χ1n) is 10.3. The van der Waals surface area contributed by atoms with Crippen molar-refractivity contribution in [3.63, 3.8) is 0 Å². The topological polar surface area (TPSA) is 99.9 Å². The number of amides is 1. The Balaban J connectivity index is 2.06. The third-order valence-electron chi connectivity index (χ3n) is 4.50. The highest BCUT2D eigenvalue weighted by Crippen LogP contribution is 2.24. The van der Waals surface area contributed by atoms with Crippen LogP contribution in [0.5, 0.6) is 11.5 Å². The molecule has 0 bridgehead atoms. The Bertz CT molecular complexity index is 879. The fourth-order valence-corrected chi connectivity index (χ4v) is 3.81. The predicted molar refractivity (Wildman–Crippen MR) is 126 cm³/mol. The number of hydrogen-bond donors (Lipinski definition) is 2. The lowest BCUT2D eigenvalue weighted by molar-refractivity contribution is -0.162. The van der Waals surface area contributed by atoms with Crippen LogP contribution in [0.1, 0.15) is 31.9 Å². The maximum absolute atomic E-state index is 13.0. The molecule has 0 fully saturated rings. The second-order valence-corrected chi connectivity index (χ2v) is 9.37. The molecule has 0 aliphatic heterocycles. The Hall–Kier alpha value is -2.71. The van der Waals surface area contributed by atoms with E-state index < -0.39 is 28.8 Å². The minimum absolute atomic E-state index is 0.262. The van der Waals surface area contributed by atoms with Gasteiger partial charge in [-0.15, -0.1) is 11.8 Å². The summed E-state index contributed by atoms with van der Waals surface area (Å²) in [6, 6.07) is 14.9. The molecule has 0 aromatic heterocycles. The monoisotopic (exact) mass is 460 g/mol. The Morgan fingerprint density at radius 3 is 1.91 bits per heavy atom. The molecule has 0 spiro atoms. The largest absolute Gasteiger partial charge is 0.497 e. The van der Waals surface area contributed by atoms with E-state index in [1.165, 1.54) is 11.8 Å². The number of thioether (sulfide) groups is 1. The Labute approximate surface area is 194 Å². The summed E-state index contributed by atoms with van der Waals surface area (Å²) in [5.41, 5.74) is 7.46. The lowest BCUT2D eigenvalue weighted by Crippen LogP contribution is -2.47. The van der Waals surface area contributed by atoms with E-state index in [0.717, 1.165) is 22.6 Å². The zero-order chi connectivity index (χ0) is 23.7. The number of hydrogen-bond acceptors (Lipinski definition) is 7. The van der Waals surface area contributed by atoms with Gasteiger partial charge in [-0.2, -0.15) is 0 Å². The van der Waals surface area contributed by atoms with Crippen molar-refractivity contribution < 1.29 is 23.8 Å². The number of nitrogens with one attached hydrogen (secondary N) is 1. The van der Waals surface area contributed by atoms with Crippen molar-refractivity contribution in [2.45, 2.75) is 44.0 Å². The molecule has 0 saturated heterocycles. The van der Waals surface area contributed by atoms with Gasteiger partial charge in [-0.25, -0.2) is 0 Å². The molecule has 0 radical (unpaired) electrons. The van der Waals surface area contributed by atoms with Gasteiger partial charge in [0.2, 0.25) is 5.91 Å². The van der Waals surface area contributed by atoms with Crippen LogP contribution in [0.4, 0.5) is 0 Å². The van der Waals surface area contributed by atoms with E-state index in [-0.39, 0.29) is 6.54 Å². The molecule has 174 valence electrons. The number of esters is 1. The van der Waals surface area contributed by atoms with Gasteiger partial charge in [0.1, 0.15) is 17.1 Å². The third kappa shape index (κ3) is 8.09. The van der Waals surface area contributed by atoms with Gasteiger partial charge in [0.15, 0.2) is 5.92 Å². The SMILES string of the molecule is COc1ccc(CNC(=O)[C@H](C(=O)OC(C)(C)C)C(N)SCc2ccc(OC)cc2)cc1. The van der Waals surface area contributed by atoms with Gasteiger partial charge in [0, 0.05) is 12.3 Å². The minimum Gasteiger partial charge on any atom is -0.497 e. The van der Waals surface area contributed by atoms with Crippen LogP contribution < -0.4 is 20.5 Å². The molecule has 32 heavy (non-hydrogen) atoms. The minimum atomic E-state index is -1.14. The molecule has 0 aliphatic carbocycles. The van der Waals surface area contributed by atoms with E-state index in [4.69, 9.17) is 19.9 Å². The standard InChI is InChI=1S/C24H32N2O5S/c1-24(2,3)31-23(28)20(21(25)32-15-17-8-12-19(30-5)13-9-17)22(27)26-14-16-6-10-18(29-4)11-7-16/h6-13,20-21H,14-15,25H2,1-5H3,(H,26,27)/t20-,21?/m1/s1. The van der Waals surface area contributed by atoms with Crippen LogP contribution in [0.3, 0.4) is 0 Å². The van der Waals surface area contributed by atoms with Crippen LogP contribution in [0, 0.1) is 5.92 Å². The van der Waals surface area contributed by atoms with Crippen LogP contribution in [0.15, 0.2) is 48.5 Å². The summed E-state index contributed by atoms with van der Waals surface area (Å²) in [6.45, 7) is 5.53. The molecule has 0 aliphatic rings. The molecule has 0 heterocycles. The molecular weight excluding hydrogens is 428 g/mol. The lowest BCUT2D eigenvalue weighted by atomic mass is 10.1. The highest BCUT2D eigenvalue weighted by molar-refractivity contribution is 7.99. The smallest absolute Gasteiger partial charge is 0.321 e. The van der Waals surface area contributed by atoms with E-state index in [1.807, 2.05) is 48.5 Å². The molecule has 3 N–H and O–H groups in total. The van der Waals surface area contributed by atoms with Gasteiger partial charge in [0.05, 0.1) is 19.6 Å². The molecule has 0 saturated carbocycles. The summed E-state index contributed by atoms with van der Waals surface area (Å²) in [5.74, 6) is -0.229. The van der Waals surface area contributed by atoms with Gasteiger partial charge in [-0.05, 0) is 56.2 Å². The van der Waals surface area contributed by atoms with Crippen LogP contribution in [-0.2, 0) is 26.6 Å². The summed E-state index contributed by atoms with van der Waals surface area (Å²) in [7, 11) is 3.20. The van der Waals surface area contributed by atoms with Gasteiger partial charge in [-0.3, -0.25) is 9.59 Å². The quantitative estimate of drug-likeness (QED) is 0.318. The fraction of sp³-hybridized carbons (Fsp3) is 0.417. The van der Waals surface area contributed by atoms with Crippen molar-refractivity contribution in [1.82, 2.24) is 5.32 Å². The maximum atomic E-state index is 13.0. The molecule has 2 rings (SSSR count). The molecular formula is C24H32N2O5S. The molecule has 7 nitrogen and oxygen atoms in total. The summed E-state index contributed by atoms with van der Waals surface area (Å²) in [5, 5.41) is 2.03. The number of methoxy groups -OCH3 is 2. The normalized spacial score (nSPS) is 13.1. The number of carbonyl (C=O) groups is 2. The number of carbonyl (C=O) groups excluding carboxylic acids is 2. The van der Waals surface area contributed by atoms with Crippen LogP contribution in [0.2, 0.25) is 0 Å². The van der Waals surface area contributed by atoms with Crippen LogP contribution in [0.25, 0.3) is 0 Å². The van der Waals surface area contributed by atoms with Crippen molar-refractivity contribution in [2.24, 2.45) is 11.7 Å². The Morgan fingerprint density at radius 2 is 1.44 bits per heavy atom. The molecule has 2 aromatic carbocycles. The Kier molecular flexibility index (Phi) is 9.41. The zero-order valence-corrected chi connectivity index (χ0v) is 20.0. The maximum Gasteiger partial charge on any atom is 0.321 e. The number of rotatable bonds is 10. The van der Waals surface area contributed by atoms with Gasteiger partial charge < -0.3 is 25.3 Å². The first kappa shape index (κ1) is 25.5. The average molecular weight is 461 g/mol. The fourth-order valence-electron chi connectivity index (χ4n) is 2.81.